The van der Waals surface area contributed by atoms with Crippen LogP contribution >= 0.6 is 0 Å². The number of imidazole rings is 1. The van der Waals surface area contributed by atoms with Gasteiger partial charge in [-0.15, -0.1) is 0 Å². The van der Waals surface area contributed by atoms with Crippen molar-refractivity contribution < 1.29 is 19.4 Å². The number of anilines is 1. The van der Waals surface area contributed by atoms with Crippen molar-refractivity contribution in [3.05, 3.63) is 59.4 Å². The third kappa shape index (κ3) is 4.86. The number of carbonyl (C=O) groups excluding carboxylic acids is 2. The molecule has 2 aromatic heterocycles. The second-order valence-corrected chi connectivity index (χ2v) is 11.3. The molecule has 0 radical (unpaired) electrons. The first-order valence-corrected chi connectivity index (χ1v) is 14.1. The Bertz CT molecular complexity index is 1410. The summed E-state index contributed by atoms with van der Waals surface area (Å²) in [7, 11) is 1.83. The van der Waals surface area contributed by atoms with Gasteiger partial charge in [0.25, 0.3) is 0 Å². The summed E-state index contributed by atoms with van der Waals surface area (Å²) in [4.78, 5) is 37.3. The van der Waals surface area contributed by atoms with Crippen LogP contribution in [0.25, 0.3) is 11.5 Å². The quantitative estimate of drug-likeness (QED) is 0.464. The van der Waals surface area contributed by atoms with Gasteiger partial charge in [0, 0.05) is 33.1 Å². The molecule has 1 aliphatic carbocycles. The number of nitrogens with one attached hydrogen (secondary N) is 1. The van der Waals surface area contributed by atoms with Gasteiger partial charge in [-0.2, -0.15) is 0 Å². The van der Waals surface area contributed by atoms with Crippen LogP contribution in [-0.4, -0.2) is 55.7 Å². The van der Waals surface area contributed by atoms with Crippen molar-refractivity contribution in [2.75, 3.05) is 18.1 Å². The first-order chi connectivity index (χ1) is 19.4. The molecule has 10 nitrogen and oxygen atoms in total. The largest absolute Gasteiger partial charge is 0.490 e. The van der Waals surface area contributed by atoms with E-state index in [2.05, 4.69) is 39.5 Å². The minimum absolute atomic E-state index is 0.0763. The molecule has 3 aromatic rings. The van der Waals surface area contributed by atoms with Crippen LogP contribution in [0, 0.1) is 0 Å². The third-order valence-corrected chi connectivity index (χ3v) is 8.53. The lowest BCUT2D eigenvalue weighted by Gasteiger charge is -2.33. The Morgan fingerprint density at radius 3 is 2.60 bits per heavy atom. The molecule has 10 heteroatoms. The molecule has 2 N–H and O–H groups in total. The van der Waals surface area contributed by atoms with Crippen molar-refractivity contribution in [2.24, 2.45) is 7.05 Å². The molecule has 2 aliphatic heterocycles. The molecular weight excluding hydrogens is 508 g/mol. The molecule has 40 heavy (non-hydrogen) atoms. The van der Waals surface area contributed by atoms with Gasteiger partial charge in [0.2, 0.25) is 5.91 Å². The van der Waals surface area contributed by atoms with E-state index >= 15 is 0 Å². The van der Waals surface area contributed by atoms with E-state index in [1.54, 1.807) is 6.20 Å². The zero-order valence-corrected chi connectivity index (χ0v) is 23.1. The Morgan fingerprint density at radius 2 is 1.88 bits per heavy atom. The van der Waals surface area contributed by atoms with Crippen LogP contribution in [0.2, 0.25) is 0 Å². The fraction of sp³-hybridized carbons (Fsp3) is 0.467. The number of aliphatic hydroxyl groups excluding tert-OH is 1. The summed E-state index contributed by atoms with van der Waals surface area (Å²) in [6.07, 6.45) is 8.24. The van der Waals surface area contributed by atoms with Crippen molar-refractivity contribution in [1.82, 2.24) is 24.8 Å². The lowest BCUT2D eigenvalue weighted by atomic mass is 9.97. The van der Waals surface area contributed by atoms with Crippen molar-refractivity contribution in [3.63, 3.8) is 0 Å². The van der Waals surface area contributed by atoms with Crippen LogP contribution in [0.4, 0.5) is 10.6 Å². The summed E-state index contributed by atoms with van der Waals surface area (Å²) >= 11 is 0. The number of pyridine rings is 1. The summed E-state index contributed by atoms with van der Waals surface area (Å²) in [5, 5.41) is 12.9. The summed E-state index contributed by atoms with van der Waals surface area (Å²) in [6.45, 7) is 3.59. The van der Waals surface area contributed by atoms with E-state index in [-0.39, 0.29) is 18.9 Å². The van der Waals surface area contributed by atoms with Gasteiger partial charge in [-0.3, -0.25) is 19.9 Å². The Labute approximate surface area is 234 Å². The highest BCUT2D eigenvalue weighted by molar-refractivity contribution is 6.05. The van der Waals surface area contributed by atoms with Crippen molar-refractivity contribution in [2.45, 2.75) is 70.2 Å². The van der Waals surface area contributed by atoms with Gasteiger partial charge >= 0.3 is 6.03 Å². The number of carbonyl (C=O) groups is 2. The average Bonchev–Trinajstić information content (AvgIpc) is 3.47. The van der Waals surface area contributed by atoms with Crippen molar-refractivity contribution >= 4 is 17.8 Å². The average molecular weight is 545 g/mol. The minimum atomic E-state index is -0.663. The second kappa shape index (κ2) is 10.7. The van der Waals surface area contributed by atoms with E-state index in [4.69, 9.17) is 9.72 Å². The maximum absolute atomic E-state index is 12.4. The molecular formula is C30H36N6O4. The SMILES string of the molecule is Cn1c(N2CCC(=O)NC2=O)cnc1-c1ccc2c(n1)C(C)(CO)N(Cc1ccc(OC3CCCCC3)cc1)C2. The van der Waals surface area contributed by atoms with Crippen molar-refractivity contribution in [3.8, 4) is 17.3 Å². The molecule has 1 atom stereocenters. The van der Waals surface area contributed by atoms with Crippen LogP contribution < -0.4 is 15.0 Å². The number of hydrogen-bond donors (Lipinski definition) is 2. The number of fused-ring (bicyclic) bond motifs is 1. The molecule has 210 valence electrons. The standard InChI is InChI=1S/C30H36N6O4/c1-30(19-37)27-21(18-35(30)17-20-8-11-23(12-9-20)40-22-6-4-3-5-7-22)10-13-24(32-27)28-31-16-26(34(28)2)36-15-14-25(38)33-29(36)39/h8-13,16,22,37H,3-7,14-15,17-19H2,1-2H3,(H,33,38,39). The number of ether oxygens (including phenoxy) is 1. The number of urea groups is 1. The van der Waals surface area contributed by atoms with Crippen LogP contribution in [0.15, 0.2) is 42.6 Å². The Morgan fingerprint density at radius 1 is 1.10 bits per heavy atom. The summed E-state index contributed by atoms with van der Waals surface area (Å²) < 4.78 is 8.01. The Kier molecular flexibility index (Phi) is 7.06. The van der Waals surface area contributed by atoms with Gasteiger partial charge in [-0.25, -0.2) is 14.8 Å². The molecule has 1 aromatic carbocycles. The second-order valence-electron chi connectivity index (χ2n) is 11.3. The molecule has 1 saturated carbocycles. The summed E-state index contributed by atoms with van der Waals surface area (Å²) in [6, 6.07) is 11.9. The lowest BCUT2D eigenvalue weighted by molar-refractivity contribution is -0.120. The van der Waals surface area contributed by atoms with Gasteiger partial charge < -0.3 is 14.4 Å². The van der Waals surface area contributed by atoms with E-state index in [0.717, 1.165) is 35.4 Å². The third-order valence-electron chi connectivity index (χ3n) is 8.53. The maximum atomic E-state index is 12.4. The number of benzene rings is 1. The van der Waals surface area contributed by atoms with E-state index in [1.807, 2.05) is 30.7 Å². The number of rotatable bonds is 7. The van der Waals surface area contributed by atoms with E-state index in [1.165, 1.54) is 24.2 Å². The highest BCUT2D eigenvalue weighted by Crippen LogP contribution is 2.40. The predicted octanol–water partition coefficient (Wildman–Crippen LogP) is 3.86. The van der Waals surface area contributed by atoms with Crippen molar-refractivity contribution in [1.29, 1.82) is 0 Å². The molecule has 0 bridgehead atoms. The van der Waals surface area contributed by atoms with Crippen LogP contribution in [-0.2, 0) is 30.5 Å². The van der Waals surface area contributed by atoms with Gasteiger partial charge in [-0.1, -0.05) is 24.6 Å². The normalized spacial score (nSPS) is 21.9. The highest BCUT2D eigenvalue weighted by Gasteiger charge is 2.42. The predicted molar refractivity (Wildman–Crippen MR) is 150 cm³/mol. The molecule has 3 aliphatic rings. The van der Waals surface area contributed by atoms with Gasteiger partial charge in [0.15, 0.2) is 5.82 Å². The summed E-state index contributed by atoms with van der Waals surface area (Å²) in [5.74, 6) is 1.83. The molecule has 1 unspecified atom stereocenters. The Balaban J connectivity index is 1.20. The maximum Gasteiger partial charge on any atom is 0.329 e. The smallest absolute Gasteiger partial charge is 0.329 e. The summed E-state index contributed by atoms with van der Waals surface area (Å²) in [5.41, 5.74) is 3.04. The molecule has 3 amide bonds. The van der Waals surface area contributed by atoms with E-state index < -0.39 is 11.6 Å². The lowest BCUT2D eigenvalue weighted by Crippen LogP contribution is -2.50. The number of aromatic nitrogens is 3. The first kappa shape index (κ1) is 26.5. The number of amides is 3. The molecule has 0 spiro atoms. The van der Waals surface area contributed by atoms with Crippen LogP contribution in [0.1, 0.15) is 62.3 Å². The molecule has 6 rings (SSSR count). The van der Waals surface area contributed by atoms with E-state index in [9.17, 15) is 14.7 Å². The van der Waals surface area contributed by atoms with Gasteiger partial charge in [-0.05, 0) is 61.9 Å². The Hall–Kier alpha value is -3.76. The number of aliphatic hydroxyl groups is 1. The van der Waals surface area contributed by atoms with Crippen LogP contribution in [0.5, 0.6) is 5.75 Å². The fourth-order valence-electron chi connectivity index (χ4n) is 6.08. The zero-order chi connectivity index (χ0) is 27.9. The number of hydrogen-bond acceptors (Lipinski definition) is 7. The number of imide groups is 1. The first-order valence-electron chi connectivity index (χ1n) is 14.1. The highest BCUT2D eigenvalue weighted by atomic mass is 16.5. The minimum Gasteiger partial charge on any atom is -0.490 e. The fourth-order valence-corrected chi connectivity index (χ4v) is 6.08. The van der Waals surface area contributed by atoms with Gasteiger partial charge in [0.1, 0.15) is 17.3 Å². The molecule has 1 saturated heterocycles. The van der Waals surface area contributed by atoms with Crippen LogP contribution in [0.3, 0.4) is 0 Å². The molecule has 2 fully saturated rings. The van der Waals surface area contributed by atoms with E-state index in [0.29, 0.717) is 43.1 Å². The zero-order valence-electron chi connectivity index (χ0n) is 23.1. The topological polar surface area (TPSA) is 113 Å². The van der Waals surface area contributed by atoms with Gasteiger partial charge in [0.05, 0.1) is 30.1 Å². The molecule has 4 heterocycles. The monoisotopic (exact) mass is 544 g/mol. The number of nitrogens with zero attached hydrogens (tertiary/aromatic N) is 5.